The molecular weight excluding hydrogens is 280 g/mol. The summed E-state index contributed by atoms with van der Waals surface area (Å²) in [7, 11) is 0. The van der Waals surface area contributed by atoms with E-state index in [1.54, 1.807) is 17.1 Å². The zero-order chi connectivity index (χ0) is 15.5. The third-order valence-electron chi connectivity index (χ3n) is 4.30. The Kier molecular flexibility index (Phi) is 4.38. The van der Waals surface area contributed by atoms with Gasteiger partial charge in [-0.2, -0.15) is 5.10 Å². The highest BCUT2D eigenvalue weighted by Crippen LogP contribution is 2.23. The van der Waals surface area contributed by atoms with Gasteiger partial charge in [-0.15, -0.1) is 5.48 Å². The van der Waals surface area contributed by atoms with Crippen molar-refractivity contribution in [2.24, 2.45) is 0 Å². The monoisotopic (exact) mass is 302 g/mol. The van der Waals surface area contributed by atoms with E-state index in [0.717, 1.165) is 42.4 Å². The fourth-order valence-electron chi connectivity index (χ4n) is 3.04. The molecule has 6 nitrogen and oxygen atoms in total. The van der Waals surface area contributed by atoms with E-state index in [1.807, 2.05) is 13.8 Å². The molecule has 3 rings (SSSR count). The highest BCUT2D eigenvalue weighted by atomic mass is 16.7. The molecule has 1 fully saturated rings. The Bertz CT molecular complexity index is 674. The molecule has 2 heterocycles. The number of hydrogen-bond donors (Lipinski definition) is 1. The third-order valence-corrected chi connectivity index (χ3v) is 4.30. The Balaban J connectivity index is 1.89. The Morgan fingerprint density at radius 3 is 2.82 bits per heavy atom. The molecule has 22 heavy (non-hydrogen) atoms. The number of aromatic nitrogens is 3. The average molecular weight is 302 g/mol. The van der Waals surface area contributed by atoms with Crippen LogP contribution in [0.4, 0.5) is 0 Å². The Labute approximate surface area is 129 Å². The van der Waals surface area contributed by atoms with Crippen LogP contribution in [0.15, 0.2) is 12.4 Å². The van der Waals surface area contributed by atoms with E-state index in [2.05, 4.69) is 15.6 Å². The van der Waals surface area contributed by atoms with Crippen molar-refractivity contribution in [1.29, 1.82) is 0 Å². The normalized spacial score (nSPS) is 15.5. The third kappa shape index (κ3) is 2.70. The van der Waals surface area contributed by atoms with Crippen LogP contribution < -0.4 is 5.48 Å². The minimum Gasteiger partial charge on any atom is -0.366 e. The van der Waals surface area contributed by atoms with Crippen LogP contribution >= 0.6 is 0 Å². The summed E-state index contributed by atoms with van der Waals surface area (Å²) in [4.78, 5) is 22.3. The highest BCUT2D eigenvalue weighted by Gasteiger charge is 2.22. The van der Waals surface area contributed by atoms with Gasteiger partial charge >= 0.3 is 5.97 Å². The van der Waals surface area contributed by atoms with Gasteiger partial charge in [-0.25, -0.2) is 14.5 Å². The zero-order valence-electron chi connectivity index (χ0n) is 13.1. The number of hydrogen-bond acceptors (Lipinski definition) is 5. The van der Waals surface area contributed by atoms with Crippen molar-refractivity contribution in [2.75, 3.05) is 0 Å². The van der Waals surface area contributed by atoms with Crippen molar-refractivity contribution in [3.05, 3.63) is 23.5 Å². The van der Waals surface area contributed by atoms with Crippen LogP contribution in [0.5, 0.6) is 0 Å². The molecule has 0 saturated heterocycles. The first-order valence-electron chi connectivity index (χ1n) is 8.04. The maximum atomic E-state index is 12.5. The predicted octanol–water partition coefficient (Wildman–Crippen LogP) is 2.62. The standard InChI is InChI=1S/C16H22N4O2/c1-3-11-9-17-15-13(10-18-20(15)4-2)14(11)16(21)22-19-12-7-5-6-8-12/h9-10,12,19H,3-8H2,1-2H3. The molecule has 0 aromatic carbocycles. The number of nitrogens with zero attached hydrogens (tertiary/aromatic N) is 3. The van der Waals surface area contributed by atoms with Gasteiger partial charge in [0.25, 0.3) is 0 Å². The second-order valence-electron chi connectivity index (χ2n) is 5.70. The van der Waals surface area contributed by atoms with Crippen molar-refractivity contribution in [1.82, 2.24) is 20.2 Å². The molecule has 1 N–H and O–H groups in total. The van der Waals surface area contributed by atoms with Gasteiger partial charge in [0.05, 0.1) is 17.1 Å². The van der Waals surface area contributed by atoms with E-state index in [1.165, 1.54) is 12.8 Å². The maximum Gasteiger partial charge on any atom is 0.357 e. The topological polar surface area (TPSA) is 69.0 Å². The number of rotatable bonds is 5. The summed E-state index contributed by atoms with van der Waals surface area (Å²) in [5.41, 5.74) is 5.12. The summed E-state index contributed by atoms with van der Waals surface area (Å²) < 4.78 is 1.79. The summed E-state index contributed by atoms with van der Waals surface area (Å²) in [6, 6.07) is 0.282. The fraction of sp³-hybridized carbons (Fsp3) is 0.562. The summed E-state index contributed by atoms with van der Waals surface area (Å²) in [5.74, 6) is -0.341. The largest absolute Gasteiger partial charge is 0.366 e. The molecule has 0 amide bonds. The summed E-state index contributed by atoms with van der Waals surface area (Å²) in [6.45, 7) is 4.73. The number of carbonyl (C=O) groups is 1. The lowest BCUT2D eigenvalue weighted by Crippen LogP contribution is -2.29. The number of aryl methyl sites for hydroxylation is 2. The molecule has 0 bridgehead atoms. The van der Waals surface area contributed by atoms with Gasteiger partial charge in [0.1, 0.15) is 0 Å². The number of hydroxylamine groups is 1. The van der Waals surface area contributed by atoms with Gasteiger partial charge in [0, 0.05) is 18.8 Å². The lowest BCUT2D eigenvalue weighted by atomic mass is 10.1. The minimum absolute atomic E-state index is 0.282. The second-order valence-corrected chi connectivity index (χ2v) is 5.70. The van der Waals surface area contributed by atoms with Crippen molar-refractivity contribution in [2.45, 2.75) is 58.5 Å². The highest BCUT2D eigenvalue weighted by molar-refractivity contribution is 6.03. The first-order chi connectivity index (χ1) is 10.7. The van der Waals surface area contributed by atoms with Gasteiger partial charge in [-0.05, 0) is 31.7 Å². The SMILES string of the molecule is CCc1cnc2c(cnn2CC)c1C(=O)ONC1CCCC1. The van der Waals surface area contributed by atoms with Crippen LogP contribution in [0.25, 0.3) is 11.0 Å². The maximum absolute atomic E-state index is 12.5. The molecule has 1 saturated carbocycles. The van der Waals surface area contributed by atoms with Crippen LogP contribution in [0.2, 0.25) is 0 Å². The number of carbonyl (C=O) groups excluding carboxylic acids is 1. The van der Waals surface area contributed by atoms with Gasteiger partial charge in [-0.3, -0.25) is 0 Å². The van der Waals surface area contributed by atoms with Crippen LogP contribution in [-0.4, -0.2) is 26.8 Å². The Hall–Kier alpha value is -1.95. The quantitative estimate of drug-likeness (QED) is 0.860. The van der Waals surface area contributed by atoms with E-state index in [-0.39, 0.29) is 12.0 Å². The van der Waals surface area contributed by atoms with E-state index in [4.69, 9.17) is 4.84 Å². The minimum atomic E-state index is -0.341. The number of fused-ring (bicyclic) bond motifs is 1. The van der Waals surface area contributed by atoms with Crippen molar-refractivity contribution in [3.8, 4) is 0 Å². The van der Waals surface area contributed by atoms with E-state index in [9.17, 15) is 4.79 Å². The molecule has 1 aliphatic rings. The van der Waals surface area contributed by atoms with Crippen LogP contribution in [0.1, 0.15) is 55.5 Å². The Morgan fingerprint density at radius 1 is 1.36 bits per heavy atom. The van der Waals surface area contributed by atoms with Gasteiger partial charge in [0.2, 0.25) is 0 Å². The van der Waals surface area contributed by atoms with Crippen molar-refractivity contribution in [3.63, 3.8) is 0 Å². The van der Waals surface area contributed by atoms with E-state index >= 15 is 0 Å². The molecule has 118 valence electrons. The molecule has 0 unspecified atom stereocenters. The molecule has 0 atom stereocenters. The Morgan fingerprint density at radius 2 is 2.14 bits per heavy atom. The number of pyridine rings is 1. The predicted molar refractivity (Wildman–Crippen MR) is 83.4 cm³/mol. The van der Waals surface area contributed by atoms with E-state index < -0.39 is 0 Å². The van der Waals surface area contributed by atoms with Gasteiger partial charge in [0.15, 0.2) is 5.65 Å². The molecule has 1 aliphatic carbocycles. The molecule has 2 aromatic rings. The smallest absolute Gasteiger partial charge is 0.357 e. The fourth-order valence-corrected chi connectivity index (χ4v) is 3.04. The van der Waals surface area contributed by atoms with E-state index in [0.29, 0.717) is 5.56 Å². The molecule has 0 aliphatic heterocycles. The van der Waals surface area contributed by atoms with Crippen molar-refractivity contribution < 1.29 is 9.63 Å². The summed E-state index contributed by atoms with van der Waals surface area (Å²) in [5, 5.41) is 5.06. The molecule has 0 spiro atoms. The number of nitrogens with one attached hydrogen (secondary N) is 1. The second kappa shape index (κ2) is 6.44. The average Bonchev–Trinajstić information content (AvgIpc) is 3.20. The van der Waals surface area contributed by atoms with Gasteiger partial charge < -0.3 is 4.84 Å². The molecule has 0 radical (unpaired) electrons. The molecular formula is C16H22N4O2. The first-order valence-corrected chi connectivity index (χ1v) is 8.04. The first kappa shape index (κ1) is 15.0. The lowest BCUT2D eigenvalue weighted by molar-refractivity contribution is 0.0161. The van der Waals surface area contributed by atoms with Gasteiger partial charge in [-0.1, -0.05) is 19.8 Å². The summed E-state index contributed by atoms with van der Waals surface area (Å²) >= 11 is 0. The summed E-state index contributed by atoms with van der Waals surface area (Å²) in [6.07, 6.45) is 8.70. The zero-order valence-corrected chi connectivity index (χ0v) is 13.1. The lowest BCUT2D eigenvalue weighted by Gasteiger charge is -2.13. The van der Waals surface area contributed by atoms with Crippen LogP contribution in [-0.2, 0) is 17.8 Å². The van der Waals surface area contributed by atoms with Crippen molar-refractivity contribution >= 4 is 17.0 Å². The van der Waals surface area contributed by atoms with Crippen LogP contribution in [0, 0.1) is 0 Å². The van der Waals surface area contributed by atoms with Crippen LogP contribution in [0.3, 0.4) is 0 Å². The molecule has 2 aromatic heterocycles. The molecule has 6 heteroatoms.